The van der Waals surface area contributed by atoms with E-state index in [9.17, 15) is 8.42 Å². The van der Waals surface area contributed by atoms with E-state index in [-0.39, 0.29) is 17.2 Å². The molecule has 2 aromatic heterocycles. The number of nitrogens with one attached hydrogen (secondary N) is 1. The molecule has 0 unspecified atom stereocenters. The van der Waals surface area contributed by atoms with Gasteiger partial charge in [0.15, 0.2) is 0 Å². The Morgan fingerprint density at radius 2 is 2.07 bits per heavy atom. The van der Waals surface area contributed by atoms with Crippen molar-refractivity contribution in [1.29, 1.82) is 0 Å². The normalized spacial score (nSPS) is 14.1. The van der Waals surface area contributed by atoms with Crippen LogP contribution in [0.1, 0.15) is 24.5 Å². The van der Waals surface area contributed by atoms with E-state index in [2.05, 4.69) is 19.8 Å². The molecule has 0 atom stereocenters. The van der Waals surface area contributed by atoms with Crippen molar-refractivity contribution in [2.45, 2.75) is 30.2 Å². The summed E-state index contributed by atoms with van der Waals surface area (Å²) in [5, 5.41) is 4.94. The second kappa shape index (κ2) is 8.10. The summed E-state index contributed by atoms with van der Waals surface area (Å²) in [6, 6.07) is 6.50. The maximum absolute atomic E-state index is 12.7. The average molecular weight is 434 g/mol. The van der Waals surface area contributed by atoms with Crippen LogP contribution in [0.3, 0.4) is 0 Å². The maximum Gasteiger partial charge on any atom is 0.244 e. The molecule has 2 heterocycles. The second-order valence-corrected chi connectivity index (χ2v) is 8.91. The van der Waals surface area contributed by atoms with Gasteiger partial charge in [-0.15, -0.1) is 0 Å². The first kappa shape index (κ1) is 19.8. The van der Waals surface area contributed by atoms with Gasteiger partial charge in [-0.05, 0) is 37.1 Å². The maximum atomic E-state index is 12.7. The Bertz CT molecular complexity index is 1110. The highest BCUT2D eigenvalue weighted by atomic mass is 35.5. The van der Waals surface area contributed by atoms with Gasteiger partial charge < -0.3 is 4.74 Å². The Balaban J connectivity index is 1.51. The fourth-order valence-corrected chi connectivity index (χ4v) is 4.55. The zero-order valence-corrected chi connectivity index (χ0v) is 17.3. The van der Waals surface area contributed by atoms with Crippen molar-refractivity contribution in [3.8, 4) is 17.1 Å². The van der Waals surface area contributed by atoms with Gasteiger partial charge >= 0.3 is 0 Å². The zero-order chi connectivity index (χ0) is 20.4. The second-order valence-electron chi connectivity index (χ2n) is 6.74. The Morgan fingerprint density at radius 1 is 1.24 bits per heavy atom. The van der Waals surface area contributed by atoms with Gasteiger partial charge in [0, 0.05) is 35.6 Å². The zero-order valence-electron chi connectivity index (χ0n) is 15.7. The van der Waals surface area contributed by atoms with Crippen LogP contribution >= 0.6 is 11.6 Å². The SMILES string of the molecule is COc1ccc(Cl)cc1S(=O)(=O)NCCn1nc(-c2cnccn2)cc1C1CC1. The summed E-state index contributed by atoms with van der Waals surface area (Å²) >= 11 is 5.96. The van der Waals surface area contributed by atoms with Crippen LogP contribution in [0.5, 0.6) is 5.75 Å². The monoisotopic (exact) mass is 433 g/mol. The highest BCUT2D eigenvalue weighted by Gasteiger charge is 2.29. The molecule has 0 bridgehead atoms. The summed E-state index contributed by atoms with van der Waals surface area (Å²) < 4.78 is 35.0. The van der Waals surface area contributed by atoms with Gasteiger partial charge in [0.05, 0.1) is 19.9 Å². The summed E-state index contributed by atoms with van der Waals surface area (Å²) in [7, 11) is -2.36. The number of hydrogen-bond acceptors (Lipinski definition) is 6. The van der Waals surface area contributed by atoms with Crippen molar-refractivity contribution in [3.63, 3.8) is 0 Å². The van der Waals surface area contributed by atoms with Crippen LogP contribution in [0.2, 0.25) is 5.02 Å². The summed E-state index contributed by atoms with van der Waals surface area (Å²) in [4.78, 5) is 8.39. The first-order valence-corrected chi connectivity index (χ1v) is 11.0. The Kier molecular flexibility index (Phi) is 5.53. The van der Waals surface area contributed by atoms with E-state index in [1.807, 2.05) is 10.7 Å². The number of ether oxygens (including phenoxy) is 1. The molecule has 1 aliphatic rings. The topological polar surface area (TPSA) is 99.0 Å². The Hall–Kier alpha value is -2.49. The molecule has 0 amide bonds. The minimum Gasteiger partial charge on any atom is -0.495 e. The van der Waals surface area contributed by atoms with E-state index >= 15 is 0 Å². The summed E-state index contributed by atoms with van der Waals surface area (Å²) in [6.07, 6.45) is 7.12. The number of methoxy groups -OCH3 is 1. The molecular formula is C19H20ClN5O3S. The minimum atomic E-state index is -3.78. The highest BCUT2D eigenvalue weighted by Crippen LogP contribution is 2.41. The smallest absolute Gasteiger partial charge is 0.244 e. The van der Waals surface area contributed by atoms with Gasteiger partial charge in [-0.25, -0.2) is 13.1 Å². The van der Waals surface area contributed by atoms with E-state index in [4.69, 9.17) is 16.3 Å². The van der Waals surface area contributed by atoms with Crippen LogP contribution in [0.4, 0.5) is 0 Å². The Labute approximate surface area is 174 Å². The van der Waals surface area contributed by atoms with E-state index in [1.165, 1.54) is 19.2 Å². The Morgan fingerprint density at radius 3 is 2.76 bits per heavy atom. The predicted octanol–water partition coefficient (Wildman–Crippen LogP) is 2.86. The lowest BCUT2D eigenvalue weighted by atomic mass is 10.2. The van der Waals surface area contributed by atoms with E-state index < -0.39 is 10.0 Å². The fourth-order valence-electron chi connectivity index (χ4n) is 3.10. The molecule has 1 N–H and O–H groups in total. The minimum absolute atomic E-state index is 0.00984. The molecule has 8 nitrogen and oxygen atoms in total. The highest BCUT2D eigenvalue weighted by molar-refractivity contribution is 7.89. The third-order valence-electron chi connectivity index (χ3n) is 4.66. The van der Waals surface area contributed by atoms with Gasteiger partial charge in [-0.2, -0.15) is 5.10 Å². The van der Waals surface area contributed by atoms with Gasteiger partial charge in [0.25, 0.3) is 0 Å². The number of rotatable bonds is 8. The van der Waals surface area contributed by atoms with Crippen molar-refractivity contribution in [2.24, 2.45) is 0 Å². The number of hydrogen-bond donors (Lipinski definition) is 1. The third kappa shape index (κ3) is 4.42. The first-order valence-electron chi connectivity index (χ1n) is 9.15. The molecule has 1 aromatic carbocycles. The number of nitrogens with zero attached hydrogens (tertiary/aromatic N) is 4. The molecule has 1 fully saturated rings. The lowest BCUT2D eigenvalue weighted by Crippen LogP contribution is -2.28. The average Bonchev–Trinajstić information content (AvgIpc) is 3.48. The molecule has 29 heavy (non-hydrogen) atoms. The molecule has 0 saturated heterocycles. The van der Waals surface area contributed by atoms with Crippen molar-refractivity contribution in [3.05, 3.63) is 53.6 Å². The number of aromatic nitrogens is 4. The number of sulfonamides is 1. The van der Waals surface area contributed by atoms with E-state index in [1.54, 1.807) is 24.7 Å². The van der Waals surface area contributed by atoms with Crippen LogP contribution in [-0.4, -0.2) is 41.8 Å². The number of benzene rings is 1. The van der Waals surface area contributed by atoms with Crippen LogP contribution in [0, 0.1) is 0 Å². The van der Waals surface area contributed by atoms with Crippen molar-refractivity contribution in [2.75, 3.05) is 13.7 Å². The third-order valence-corrected chi connectivity index (χ3v) is 6.38. The van der Waals surface area contributed by atoms with E-state index in [0.29, 0.717) is 23.2 Å². The quantitative estimate of drug-likeness (QED) is 0.586. The predicted molar refractivity (Wildman–Crippen MR) is 108 cm³/mol. The van der Waals surface area contributed by atoms with Crippen molar-refractivity contribution >= 4 is 21.6 Å². The first-order chi connectivity index (χ1) is 14.0. The van der Waals surface area contributed by atoms with Crippen molar-refractivity contribution < 1.29 is 13.2 Å². The van der Waals surface area contributed by atoms with Crippen LogP contribution in [0.15, 0.2) is 47.8 Å². The lowest BCUT2D eigenvalue weighted by Gasteiger charge is -2.12. The molecule has 0 spiro atoms. The molecular weight excluding hydrogens is 414 g/mol. The molecule has 152 valence electrons. The molecule has 1 saturated carbocycles. The van der Waals surface area contributed by atoms with Gasteiger partial charge in [0.1, 0.15) is 22.0 Å². The lowest BCUT2D eigenvalue weighted by molar-refractivity contribution is 0.402. The standard InChI is InChI=1S/C19H20ClN5O3S/c1-28-18-5-4-14(20)10-19(18)29(26,27)23-8-9-25-17(13-2-3-13)11-15(24-25)16-12-21-6-7-22-16/h4-7,10-13,23H,2-3,8-9H2,1H3. The molecule has 0 radical (unpaired) electrons. The van der Waals surface area contributed by atoms with Gasteiger partial charge in [-0.3, -0.25) is 14.6 Å². The largest absolute Gasteiger partial charge is 0.495 e. The number of halogens is 1. The van der Waals surface area contributed by atoms with Crippen molar-refractivity contribution in [1.82, 2.24) is 24.5 Å². The van der Waals surface area contributed by atoms with Crippen LogP contribution in [0.25, 0.3) is 11.4 Å². The summed E-state index contributed by atoms with van der Waals surface area (Å²) in [6.45, 7) is 0.577. The molecule has 10 heteroatoms. The molecule has 1 aliphatic carbocycles. The van der Waals surface area contributed by atoms with E-state index in [0.717, 1.165) is 24.2 Å². The van der Waals surface area contributed by atoms with Crippen LogP contribution in [-0.2, 0) is 16.6 Å². The summed E-state index contributed by atoms with van der Waals surface area (Å²) in [5.74, 6) is 0.696. The fraction of sp³-hybridized carbons (Fsp3) is 0.316. The van der Waals surface area contributed by atoms with Gasteiger partial charge in [-0.1, -0.05) is 11.6 Å². The molecule has 4 rings (SSSR count). The van der Waals surface area contributed by atoms with Crippen LogP contribution < -0.4 is 9.46 Å². The summed E-state index contributed by atoms with van der Waals surface area (Å²) in [5.41, 5.74) is 2.52. The molecule has 3 aromatic rings. The molecule has 0 aliphatic heterocycles. The van der Waals surface area contributed by atoms with Gasteiger partial charge in [0.2, 0.25) is 10.0 Å².